The number of thioether (sulfide) groups is 1. The van der Waals surface area contributed by atoms with E-state index < -0.39 is 5.76 Å². The zero-order chi connectivity index (χ0) is 15.9. The van der Waals surface area contributed by atoms with Crippen LogP contribution in [-0.4, -0.2) is 17.5 Å². The lowest BCUT2D eigenvalue weighted by Gasteiger charge is -2.16. The Hall–Kier alpha value is -1.08. The van der Waals surface area contributed by atoms with E-state index in [9.17, 15) is 13.9 Å². The average molecular weight is 348 g/mol. The van der Waals surface area contributed by atoms with Gasteiger partial charge in [0.1, 0.15) is 11.5 Å². The van der Waals surface area contributed by atoms with Crippen molar-refractivity contribution in [1.29, 1.82) is 0 Å². The van der Waals surface area contributed by atoms with Gasteiger partial charge in [0.15, 0.2) is 0 Å². The second-order valence-electron chi connectivity index (χ2n) is 4.61. The summed E-state index contributed by atoms with van der Waals surface area (Å²) in [6.07, 6.45) is 0. The molecule has 2 N–H and O–H groups in total. The number of hydrogen-bond donors (Lipinski definition) is 2. The second-order valence-corrected chi connectivity index (χ2v) is 6.02. The van der Waals surface area contributed by atoms with E-state index in [1.54, 1.807) is 24.3 Å². The van der Waals surface area contributed by atoms with Crippen LogP contribution in [0, 0.1) is 0 Å². The van der Waals surface area contributed by atoms with Gasteiger partial charge in [0.05, 0.1) is 24.9 Å². The number of hydrogen-bond acceptors (Lipinski definition) is 4. The highest BCUT2D eigenvalue weighted by Gasteiger charge is 2.12. The molecule has 0 amide bonds. The molecule has 0 radical (unpaired) electrons. The number of furan rings is 1. The summed E-state index contributed by atoms with van der Waals surface area (Å²) in [4.78, 5) is 0. The Morgan fingerprint density at radius 1 is 1.14 bits per heavy atom. The number of nitrogens with one attached hydrogen (secondary N) is 1. The largest absolute Gasteiger partial charge is 0.464 e. The minimum Gasteiger partial charge on any atom is -0.464 e. The van der Waals surface area contributed by atoms with Gasteiger partial charge in [-0.3, -0.25) is 0 Å². The lowest BCUT2D eigenvalue weighted by Crippen LogP contribution is -2.23. The van der Waals surface area contributed by atoms with Crippen LogP contribution in [0.1, 0.15) is 23.1 Å². The summed E-state index contributed by atoms with van der Waals surface area (Å²) in [5.74, 6) is -1.13. The molecule has 0 bridgehead atoms. The molecule has 7 heteroatoms. The summed E-state index contributed by atoms with van der Waals surface area (Å²) in [6.45, 7) is 0.323. The normalized spacial score (nSPS) is 12.8. The summed E-state index contributed by atoms with van der Waals surface area (Å²) < 4.78 is 29.7. The van der Waals surface area contributed by atoms with Crippen LogP contribution in [0.2, 0.25) is 5.02 Å². The molecule has 1 aromatic heterocycles. The Morgan fingerprint density at radius 3 is 2.45 bits per heavy atom. The number of alkyl halides is 2. The van der Waals surface area contributed by atoms with E-state index in [-0.39, 0.29) is 18.4 Å². The molecule has 0 aliphatic rings. The highest BCUT2D eigenvalue weighted by Crippen LogP contribution is 2.22. The van der Waals surface area contributed by atoms with Gasteiger partial charge in [0, 0.05) is 5.02 Å². The van der Waals surface area contributed by atoms with Crippen LogP contribution in [0.25, 0.3) is 0 Å². The van der Waals surface area contributed by atoms with Crippen LogP contribution in [-0.2, 0) is 12.3 Å². The summed E-state index contributed by atoms with van der Waals surface area (Å²) >= 11 is 6.36. The topological polar surface area (TPSA) is 45.4 Å². The molecule has 0 aliphatic heterocycles. The molecule has 0 aliphatic carbocycles. The van der Waals surface area contributed by atoms with Crippen LogP contribution in [0.4, 0.5) is 8.78 Å². The molecular weight excluding hydrogens is 332 g/mol. The first-order chi connectivity index (χ1) is 10.6. The Labute approximate surface area is 136 Å². The molecule has 120 valence electrons. The molecular formula is C15H16ClF2NO2S. The fourth-order valence-electron chi connectivity index (χ4n) is 1.95. The Bertz CT molecular complexity index is 577. The van der Waals surface area contributed by atoms with Gasteiger partial charge < -0.3 is 14.8 Å². The number of halogens is 3. The molecule has 0 saturated heterocycles. The SMILES string of the molecule is OCC(NCc1ccc(CSC(F)F)o1)c1ccc(Cl)cc1. The molecule has 0 fully saturated rings. The first-order valence-corrected chi connectivity index (χ1v) is 8.08. The lowest BCUT2D eigenvalue weighted by molar-refractivity contribution is 0.240. The van der Waals surface area contributed by atoms with E-state index in [0.29, 0.717) is 34.8 Å². The Balaban J connectivity index is 1.89. The molecule has 2 rings (SSSR count). The van der Waals surface area contributed by atoms with Crippen molar-refractivity contribution in [3.05, 3.63) is 58.5 Å². The van der Waals surface area contributed by atoms with Crippen molar-refractivity contribution in [3.8, 4) is 0 Å². The third-order valence-corrected chi connectivity index (χ3v) is 4.00. The highest BCUT2D eigenvalue weighted by molar-refractivity contribution is 7.98. The Morgan fingerprint density at radius 2 is 1.82 bits per heavy atom. The number of aliphatic hydroxyl groups is 1. The van der Waals surface area contributed by atoms with Gasteiger partial charge in [-0.1, -0.05) is 35.5 Å². The molecule has 3 nitrogen and oxygen atoms in total. The fourth-order valence-corrected chi connectivity index (χ4v) is 2.52. The molecule has 1 aromatic carbocycles. The second kappa shape index (κ2) is 8.53. The minimum atomic E-state index is -2.41. The van der Waals surface area contributed by atoms with Crippen molar-refractivity contribution in [2.75, 3.05) is 6.61 Å². The quantitative estimate of drug-likeness (QED) is 0.750. The van der Waals surface area contributed by atoms with Gasteiger partial charge in [-0.05, 0) is 29.8 Å². The van der Waals surface area contributed by atoms with E-state index in [1.165, 1.54) is 0 Å². The maximum Gasteiger partial charge on any atom is 0.284 e. The Kier molecular flexibility index (Phi) is 6.70. The first kappa shape index (κ1) is 17.3. The number of benzene rings is 1. The molecule has 1 atom stereocenters. The van der Waals surface area contributed by atoms with E-state index in [4.69, 9.17) is 16.0 Å². The molecule has 1 unspecified atom stereocenters. The van der Waals surface area contributed by atoms with Crippen molar-refractivity contribution < 1.29 is 18.3 Å². The zero-order valence-electron chi connectivity index (χ0n) is 11.6. The molecule has 0 saturated carbocycles. The summed E-state index contributed by atoms with van der Waals surface area (Å²) in [5, 5.41) is 13.3. The molecule has 2 aromatic rings. The minimum absolute atomic E-state index is 0.0730. The van der Waals surface area contributed by atoms with Gasteiger partial charge in [0.25, 0.3) is 5.76 Å². The van der Waals surface area contributed by atoms with Crippen LogP contribution >= 0.6 is 23.4 Å². The van der Waals surface area contributed by atoms with Gasteiger partial charge in [-0.2, -0.15) is 8.78 Å². The number of rotatable bonds is 8. The summed E-state index contributed by atoms with van der Waals surface area (Å²) in [5.41, 5.74) is 0.909. The predicted octanol–water partition coefficient (Wildman–Crippen LogP) is 4.21. The zero-order valence-corrected chi connectivity index (χ0v) is 13.2. The monoisotopic (exact) mass is 347 g/mol. The van der Waals surface area contributed by atoms with Gasteiger partial charge >= 0.3 is 0 Å². The standard InChI is InChI=1S/C15H16ClF2NO2S/c16-11-3-1-10(2-4-11)14(8-20)19-7-12-5-6-13(21-12)9-22-15(17)18/h1-6,14-15,19-20H,7-9H2. The van der Waals surface area contributed by atoms with Crippen LogP contribution in [0.3, 0.4) is 0 Å². The average Bonchev–Trinajstić information content (AvgIpc) is 2.95. The van der Waals surface area contributed by atoms with Crippen LogP contribution in [0.15, 0.2) is 40.8 Å². The van der Waals surface area contributed by atoms with Crippen molar-refractivity contribution in [1.82, 2.24) is 5.32 Å². The summed E-state index contributed by atoms with van der Waals surface area (Å²) in [6, 6.07) is 10.4. The van der Waals surface area contributed by atoms with Gasteiger partial charge in [-0.25, -0.2) is 0 Å². The third kappa shape index (κ3) is 5.28. The fraction of sp³-hybridized carbons (Fsp3) is 0.333. The van der Waals surface area contributed by atoms with Crippen molar-refractivity contribution >= 4 is 23.4 Å². The molecule has 1 heterocycles. The first-order valence-electron chi connectivity index (χ1n) is 6.65. The smallest absolute Gasteiger partial charge is 0.284 e. The van der Waals surface area contributed by atoms with E-state index in [0.717, 1.165) is 5.56 Å². The van der Waals surface area contributed by atoms with Crippen molar-refractivity contribution in [2.45, 2.75) is 24.1 Å². The van der Waals surface area contributed by atoms with Crippen molar-refractivity contribution in [3.63, 3.8) is 0 Å². The maximum atomic E-state index is 12.1. The van der Waals surface area contributed by atoms with Crippen molar-refractivity contribution in [2.24, 2.45) is 0 Å². The van der Waals surface area contributed by atoms with E-state index >= 15 is 0 Å². The van der Waals surface area contributed by atoms with Crippen LogP contribution < -0.4 is 5.32 Å². The highest BCUT2D eigenvalue weighted by atomic mass is 35.5. The summed E-state index contributed by atoms with van der Waals surface area (Å²) in [7, 11) is 0. The predicted molar refractivity (Wildman–Crippen MR) is 84.1 cm³/mol. The molecule has 0 spiro atoms. The van der Waals surface area contributed by atoms with E-state index in [2.05, 4.69) is 5.32 Å². The third-order valence-electron chi connectivity index (χ3n) is 3.05. The van der Waals surface area contributed by atoms with Gasteiger partial charge in [-0.15, -0.1) is 0 Å². The number of aliphatic hydroxyl groups excluding tert-OH is 1. The van der Waals surface area contributed by atoms with E-state index in [1.807, 2.05) is 12.1 Å². The van der Waals surface area contributed by atoms with Gasteiger partial charge in [0.2, 0.25) is 0 Å². The molecule has 22 heavy (non-hydrogen) atoms. The maximum absolute atomic E-state index is 12.1. The lowest BCUT2D eigenvalue weighted by atomic mass is 10.1. The van der Waals surface area contributed by atoms with Crippen LogP contribution in [0.5, 0.6) is 0 Å².